The van der Waals surface area contributed by atoms with Crippen molar-refractivity contribution < 1.29 is 23.8 Å². The Morgan fingerprint density at radius 3 is 2.42 bits per heavy atom. The first kappa shape index (κ1) is 21.4. The van der Waals surface area contributed by atoms with Crippen LogP contribution >= 0.6 is 0 Å². The molecule has 2 aromatic rings. The highest BCUT2D eigenvalue weighted by molar-refractivity contribution is 6.15. The van der Waals surface area contributed by atoms with Crippen molar-refractivity contribution in [2.75, 3.05) is 13.2 Å². The van der Waals surface area contributed by atoms with Gasteiger partial charge >= 0.3 is 0 Å². The Morgan fingerprint density at radius 2 is 1.87 bits per heavy atom. The number of aliphatic hydroxyl groups is 1. The van der Waals surface area contributed by atoms with Gasteiger partial charge in [-0.1, -0.05) is 45.0 Å². The maximum Gasteiger partial charge on any atom is 0.290 e. The van der Waals surface area contributed by atoms with E-state index in [0.29, 0.717) is 18.9 Å². The summed E-state index contributed by atoms with van der Waals surface area (Å²) in [5.74, 6) is -0.829. The number of nitrogens with zero attached hydrogens (tertiary/aromatic N) is 1. The van der Waals surface area contributed by atoms with Crippen molar-refractivity contribution in [3.63, 3.8) is 0 Å². The predicted octanol–water partition coefficient (Wildman–Crippen LogP) is 4.64. The Kier molecular flexibility index (Phi) is 5.52. The number of furan rings is 1. The highest BCUT2D eigenvalue weighted by Crippen LogP contribution is 2.40. The van der Waals surface area contributed by atoms with Crippen molar-refractivity contribution in [1.29, 1.82) is 0 Å². The smallest absolute Gasteiger partial charge is 0.290 e. The van der Waals surface area contributed by atoms with Crippen LogP contribution in [0.25, 0.3) is 0 Å². The maximum atomic E-state index is 13.3. The number of aliphatic hydroxyl groups excluding tert-OH is 1. The lowest BCUT2D eigenvalue weighted by atomic mass is 9.85. The Morgan fingerprint density at radius 1 is 1.16 bits per heavy atom. The molecular weight excluding hydrogens is 394 g/mol. The molecule has 31 heavy (non-hydrogen) atoms. The largest absolute Gasteiger partial charge is 0.503 e. The molecule has 0 spiro atoms. The molecule has 4 rings (SSSR count). The van der Waals surface area contributed by atoms with E-state index in [2.05, 4.69) is 20.8 Å². The quantitative estimate of drug-likeness (QED) is 0.709. The molecule has 1 saturated heterocycles. The molecule has 0 aliphatic carbocycles. The van der Waals surface area contributed by atoms with Crippen LogP contribution in [0.15, 0.2) is 52.1 Å². The summed E-state index contributed by atoms with van der Waals surface area (Å²) in [6.07, 6.45) is 1.68. The summed E-state index contributed by atoms with van der Waals surface area (Å²) < 4.78 is 11.2. The third-order valence-electron chi connectivity index (χ3n) is 6.03. The molecule has 0 unspecified atom stereocenters. The van der Waals surface area contributed by atoms with Gasteiger partial charge < -0.3 is 19.2 Å². The number of Topliss-reactive ketones (excluding diaryl/α,β-unsaturated/α-hetero) is 1. The Balaban J connectivity index is 1.75. The maximum absolute atomic E-state index is 13.3. The first-order chi connectivity index (χ1) is 14.7. The summed E-state index contributed by atoms with van der Waals surface area (Å²) in [5.41, 5.74) is 1.95. The monoisotopic (exact) mass is 423 g/mol. The molecule has 164 valence electrons. The fraction of sp³-hybridized carbons (Fsp3) is 0.440. The predicted molar refractivity (Wildman–Crippen MR) is 116 cm³/mol. The Hall–Kier alpha value is -2.86. The van der Waals surface area contributed by atoms with Gasteiger partial charge in [-0.15, -0.1) is 0 Å². The van der Waals surface area contributed by atoms with Gasteiger partial charge in [-0.2, -0.15) is 0 Å². The van der Waals surface area contributed by atoms with Crippen molar-refractivity contribution in [3.8, 4) is 0 Å². The number of ether oxygens (including phenoxy) is 1. The second-order valence-electron chi connectivity index (χ2n) is 9.37. The van der Waals surface area contributed by atoms with Crippen LogP contribution in [-0.2, 0) is 14.9 Å². The van der Waals surface area contributed by atoms with Crippen LogP contribution in [0.3, 0.4) is 0 Å². The number of hydrogen-bond donors (Lipinski definition) is 1. The van der Waals surface area contributed by atoms with E-state index in [4.69, 9.17) is 9.15 Å². The van der Waals surface area contributed by atoms with E-state index in [9.17, 15) is 14.7 Å². The number of ketones is 1. The van der Waals surface area contributed by atoms with Gasteiger partial charge in [0, 0.05) is 13.2 Å². The summed E-state index contributed by atoms with van der Waals surface area (Å²) in [6, 6.07) is 10.5. The van der Waals surface area contributed by atoms with E-state index in [1.807, 2.05) is 24.3 Å². The highest BCUT2D eigenvalue weighted by Gasteiger charge is 2.45. The third-order valence-corrected chi connectivity index (χ3v) is 6.03. The lowest BCUT2D eigenvalue weighted by Crippen LogP contribution is -2.37. The molecule has 1 N–H and O–H groups in total. The lowest BCUT2D eigenvalue weighted by molar-refractivity contribution is -0.131. The molecule has 6 nitrogen and oxygen atoms in total. The zero-order valence-electron chi connectivity index (χ0n) is 18.5. The van der Waals surface area contributed by atoms with E-state index in [0.717, 1.165) is 24.0 Å². The fourth-order valence-corrected chi connectivity index (χ4v) is 4.28. The molecule has 1 aromatic heterocycles. The number of carbonyl (C=O) groups excluding carboxylic acids is 2. The summed E-state index contributed by atoms with van der Waals surface area (Å²) >= 11 is 0. The normalized spacial score (nSPS) is 21.9. The van der Waals surface area contributed by atoms with Crippen LogP contribution in [0.2, 0.25) is 0 Å². The fourth-order valence-electron chi connectivity index (χ4n) is 4.28. The molecule has 0 saturated carbocycles. The molecule has 1 amide bonds. The lowest BCUT2D eigenvalue weighted by Gasteiger charge is -2.29. The minimum atomic E-state index is -0.691. The summed E-state index contributed by atoms with van der Waals surface area (Å²) in [5, 5.41) is 10.7. The molecule has 3 heterocycles. The topological polar surface area (TPSA) is 80.0 Å². The average Bonchev–Trinajstić information content (AvgIpc) is 3.44. The van der Waals surface area contributed by atoms with Gasteiger partial charge in [0.25, 0.3) is 5.91 Å². The molecular formula is C25H29NO5. The first-order valence-corrected chi connectivity index (χ1v) is 10.7. The standard InChI is InChI=1S/C25H29NO5/c1-15-7-12-19(31-15)22(27)20-21(16-8-10-17(11-9-16)25(2,3)4)26(24(29)23(20)28)14-18-6-5-13-30-18/h7-12,18,21,28H,5-6,13-14H2,1-4H3/t18-,21+/m1/s1. The Labute approximate surface area is 182 Å². The summed E-state index contributed by atoms with van der Waals surface area (Å²) in [4.78, 5) is 27.9. The van der Waals surface area contributed by atoms with E-state index in [1.54, 1.807) is 24.0 Å². The van der Waals surface area contributed by atoms with Crippen LogP contribution in [-0.4, -0.2) is 41.0 Å². The van der Waals surface area contributed by atoms with Crippen molar-refractivity contribution in [2.24, 2.45) is 0 Å². The van der Waals surface area contributed by atoms with Crippen molar-refractivity contribution in [2.45, 2.75) is 58.1 Å². The van der Waals surface area contributed by atoms with Crippen LogP contribution in [0.4, 0.5) is 0 Å². The van der Waals surface area contributed by atoms with Gasteiger partial charge in [-0.25, -0.2) is 0 Å². The highest BCUT2D eigenvalue weighted by atomic mass is 16.5. The van der Waals surface area contributed by atoms with E-state index < -0.39 is 23.5 Å². The van der Waals surface area contributed by atoms with Crippen LogP contribution in [0.5, 0.6) is 0 Å². The molecule has 0 radical (unpaired) electrons. The SMILES string of the molecule is Cc1ccc(C(=O)C2=C(O)C(=O)N(C[C@H]3CCCO3)[C@H]2c2ccc(C(C)(C)C)cc2)o1. The summed E-state index contributed by atoms with van der Waals surface area (Å²) in [7, 11) is 0. The molecule has 1 aromatic carbocycles. The minimum Gasteiger partial charge on any atom is -0.503 e. The zero-order valence-corrected chi connectivity index (χ0v) is 18.5. The molecule has 0 bridgehead atoms. The van der Waals surface area contributed by atoms with E-state index in [1.165, 1.54) is 0 Å². The Bertz CT molecular complexity index is 1020. The molecule has 2 aliphatic rings. The van der Waals surface area contributed by atoms with Crippen LogP contribution < -0.4 is 0 Å². The number of amides is 1. The van der Waals surface area contributed by atoms with Gasteiger partial charge in [0.15, 0.2) is 11.5 Å². The minimum absolute atomic E-state index is 0.0241. The van der Waals surface area contributed by atoms with Crippen LogP contribution in [0.1, 0.15) is 67.1 Å². The van der Waals surface area contributed by atoms with Crippen molar-refractivity contribution in [3.05, 3.63) is 70.4 Å². The number of rotatable bonds is 5. The number of aryl methyl sites for hydroxylation is 1. The van der Waals surface area contributed by atoms with Crippen LogP contribution in [0, 0.1) is 6.92 Å². The molecule has 1 fully saturated rings. The molecule has 2 atom stereocenters. The molecule has 2 aliphatic heterocycles. The van der Waals surface area contributed by atoms with E-state index in [-0.39, 0.29) is 22.9 Å². The van der Waals surface area contributed by atoms with Crippen molar-refractivity contribution in [1.82, 2.24) is 4.90 Å². The van der Waals surface area contributed by atoms with Gasteiger partial charge in [-0.05, 0) is 48.4 Å². The van der Waals surface area contributed by atoms with Gasteiger partial charge in [0.1, 0.15) is 5.76 Å². The van der Waals surface area contributed by atoms with Gasteiger partial charge in [0.2, 0.25) is 5.78 Å². The first-order valence-electron chi connectivity index (χ1n) is 10.7. The number of hydrogen-bond acceptors (Lipinski definition) is 5. The number of benzene rings is 1. The van der Waals surface area contributed by atoms with Gasteiger partial charge in [-0.3, -0.25) is 9.59 Å². The second kappa shape index (κ2) is 8.00. The third kappa shape index (κ3) is 4.04. The summed E-state index contributed by atoms with van der Waals surface area (Å²) in [6.45, 7) is 9.12. The van der Waals surface area contributed by atoms with E-state index >= 15 is 0 Å². The zero-order chi connectivity index (χ0) is 22.3. The average molecular weight is 424 g/mol. The van der Waals surface area contributed by atoms with Crippen molar-refractivity contribution >= 4 is 11.7 Å². The second-order valence-corrected chi connectivity index (χ2v) is 9.37. The number of carbonyl (C=O) groups is 2. The molecule has 6 heteroatoms. The van der Waals surface area contributed by atoms with Gasteiger partial charge in [0.05, 0.1) is 17.7 Å².